The zero-order chi connectivity index (χ0) is 13.8. The van der Waals surface area contributed by atoms with Gasteiger partial charge in [-0.25, -0.2) is 0 Å². The first-order valence-corrected chi connectivity index (χ1v) is 6.40. The summed E-state index contributed by atoms with van der Waals surface area (Å²) in [4.78, 5) is 11.9. The fraction of sp³-hybridized carbons (Fsp3) is 0.533. The van der Waals surface area contributed by atoms with Gasteiger partial charge in [0.15, 0.2) is 0 Å². The zero-order valence-electron chi connectivity index (χ0n) is 11.6. The maximum atomic E-state index is 11.9. The average molecular weight is 250 g/mol. The minimum Gasteiger partial charge on any atom is -0.466 e. The predicted octanol–water partition coefficient (Wildman–Crippen LogP) is 2.79. The lowest BCUT2D eigenvalue weighted by molar-refractivity contribution is -0.158. The lowest BCUT2D eigenvalue weighted by Crippen LogP contribution is -2.38. The number of hydrogen-bond acceptors (Lipinski definition) is 3. The van der Waals surface area contributed by atoms with Crippen molar-refractivity contribution < 1.29 is 14.6 Å². The van der Waals surface area contributed by atoms with Gasteiger partial charge in [0.05, 0.1) is 12.5 Å². The minimum atomic E-state index is -1.20. The van der Waals surface area contributed by atoms with E-state index in [1.807, 2.05) is 38.1 Å². The Kier molecular flexibility index (Phi) is 4.91. The van der Waals surface area contributed by atoms with E-state index in [0.29, 0.717) is 13.0 Å². The van der Waals surface area contributed by atoms with Gasteiger partial charge in [-0.3, -0.25) is 4.79 Å². The number of carbonyl (C=O) groups is 1. The first-order chi connectivity index (χ1) is 8.45. The second-order valence-corrected chi connectivity index (χ2v) is 4.68. The molecule has 0 saturated heterocycles. The Labute approximate surface area is 109 Å². The van der Waals surface area contributed by atoms with Crippen LogP contribution in [0.15, 0.2) is 24.3 Å². The SMILES string of the molecule is CCOC(=O)C(CC)C(C)(O)c1ccccc1C. The van der Waals surface area contributed by atoms with E-state index in [1.54, 1.807) is 13.8 Å². The Morgan fingerprint density at radius 2 is 2.00 bits per heavy atom. The lowest BCUT2D eigenvalue weighted by Gasteiger charge is -2.32. The summed E-state index contributed by atoms with van der Waals surface area (Å²) < 4.78 is 5.04. The first-order valence-electron chi connectivity index (χ1n) is 6.40. The average Bonchev–Trinajstić information content (AvgIpc) is 2.30. The molecule has 0 amide bonds. The van der Waals surface area contributed by atoms with Gasteiger partial charge in [-0.05, 0) is 38.3 Å². The van der Waals surface area contributed by atoms with E-state index < -0.39 is 11.5 Å². The molecule has 0 bridgehead atoms. The van der Waals surface area contributed by atoms with E-state index in [4.69, 9.17) is 4.74 Å². The summed E-state index contributed by atoms with van der Waals surface area (Å²) in [6.07, 6.45) is 0.542. The van der Waals surface area contributed by atoms with Gasteiger partial charge >= 0.3 is 5.97 Å². The summed E-state index contributed by atoms with van der Waals surface area (Å²) in [5.74, 6) is -0.883. The van der Waals surface area contributed by atoms with E-state index in [2.05, 4.69) is 0 Å². The maximum Gasteiger partial charge on any atom is 0.312 e. The smallest absolute Gasteiger partial charge is 0.312 e. The highest BCUT2D eigenvalue weighted by Crippen LogP contribution is 2.34. The van der Waals surface area contributed by atoms with Crippen LogP contribution < -0.4 is 0 Å². The highest BCUT2D eigenvalue weighted by molar-refractivity contribution is 5.74. The van der Waals surface area contributed by atoms with Crippen LogP contribution in [0.5, 0.6) is 0 Å². The van der Waals surface area contributed by atoms with Gasteiger partial charge in [0.1, 0.15) is 5.60 Å². The number of hydrogen-bond donors (Lipinski definition) is 1. The Morgan fingerprint density at radius 3 is 2.50 bits per heavy atom. The summed E-state index contributed by atoms with van der Waals surface area (Å²) in [7, 11) is 0. The normalized spacial score (nSPS) is 15.8. The Hall–Kier alpha value is -1.35. The molecule has 1 N–H and O–H groups in total. The standard InChI is InChI=1S/C15H22O3/c1-5-12(14(16)18-6-2)15(4,17)13-10-8-7-9-11(13)3/h7-10,12,17H,5-6H2,1-4H3. The van der Waals surface area contributed by atoms with Gasteiger partial charge in [0.25, 0.3) is 0 Å². The number of aryl methyl sites for hydroxylation is 1. The van der Waals surface area contributed by atoms with Gasteiger partial charge < -0.3 is 9.84 Å². The van der Waals surface area contributed by atoms with Gasteiger partial charge in [0, 0.05) is 0 Å². The largest absolute Gasteiger partial charge is 0.466 e. The molecule has 0 aliphatic rings. The van der Waals surface area contributed by atoms with Crippen molar-refractivity contribution in [1.82, 2.24) is 0 Å². The van der Waals surface area contributed by atoms with Crippen LogP contribution in [-0.2, 0) is 15.1 Å². The molecular formula is C15H22O3. The molecule has 3 heteroatoms. The van der Waals surface area contributed by atoms with Crippen LogP contribution in [0.4, 0.5) is 0 Å². The van der Waals surface area contributed by atoms with Crippen molar-refractivity contribution in [2.45, 2.75) is 39.7 Å². The third kappa shape index (κ3) is 2.91. The van der Waals surface area contributed by atoms with Crippen molar-refractivity contribution in [3.8, 4) is 0 Å². The highest BCUT2D eigenvalue weighted by atomic mass is 16.5. The number of esters is 1. The molecule has 18 heavy (non-hydrogen) atoms. The molecule has 2 unspecified atom stereocenters. The van der Waals surface area contributed by atoms with Crippen LogP contribution in [0.3, 0.4) is 0 Å². The van der Waals surface area contributed by atoms with Crippen LogP contribution in [0.2, 0.25) is 0 Å². The van der Waals surface area contributed by atoms with Crippen molar-refractivity contribution in [1.29, 1.82) is 0 Å². The molecule has 1 aromatic carbocycles. The molecule has 0 saturated carbocycles. The summed E-state index contributed by atoms with van der Waals surface area (Å²) in [5.41, 5.74) is 0.557. The summed E-state index contributed by atoms with van der Waals surface area (Å²) in [6, 6.07) is 7.58. The van der Waals surface area contributed by atoms with E-state index in [9.17, 15) is 9.90 Å². The van der Waals surface area contributed by atoms with Crippen molar-refractivity contribution in [3.63, 3.8) is 0 Å². The Bertz CT molecular complexity index is 410. The third-order valence-corrected chi connectivity index (χ3v) is 3.35. The monoisotopic (exact) mass is 250 g/mol. The molecule has 3 nitrogen and oxygen atoms in total. The molecule has 1 rings (SSSR count). The van der Waals surface area contributed by atoms with E-state index >= 15 is 0 Å². The third-order valence-electron chi connectivity index (χ3n) is 3.35. The number of benzene rings is 1. The lowest BCUT2D eigenvalue weighted by atomic mass is 9.79. The summed E-state index contributed by atoms with van der Waals surface area (Å²) in [5, 5.41) is 10.7. The minimum absolute atomic E-state index is 0.333. The maximum absolute atomic E-state index is 11.9. The first kappa shape index (κ1) is 14.7. The number of rotatable bonds is 5. The molecule has 2 atom stereocenters. The van der Waals surface area contributed by atoms with Crippen molar-refractivity contribution in [3.05, 3.63) is 35.4 Å². The second kappa shape index (κ2) is 6.01. The van der Waals surface area contributed by atoms with Crippen LogP contribution >= 0.6 is 0 Å². The van der Waals surface area contributed by atoms with E-state index in [0.717, 1.165) is 11.1 Å². The van der Waals surface area contributed by atoms with Crippen LogP contribution in [0.25, 0.3) is 0 Å². The molecule has 0 aliphatic carbocycles. The van der Waals surface area contributed by atoms with Crippen molar-refractivity contribution >= 4 is 5.97 Å². The Balaban J connectivity index is 3.10. The molecule has 0 spiro atoms. The van der Waals surface area contributed by atoms with E-state index in [1.165, 1.54) is 0 Å². The molecule has 0 radical (unpaired) electrons. The van der Waals surface area contributed by atoms with Gasteiger partial charge in [-0.15, -0.1) is 0 Å². The molecular weight excluding hydrogens is 228 g/mol. The van der Waals surface area contributed by atoms with Crippen LogP contribution in [-0.4, -0.2) is 17.7 Å². The fourth-order valence-electron chi connectivity index (χ4n) is 2.36. The van der Waals surface area contributed by atoms with Crippen LogP contribution in [0.1, 0.15) is 38.3 Å². The molecule has 0 heterocycles. The van der Waals surface area contributed by atoms with E-state index in [-0.39, 0.29) is 5.97 Å². The van der Waals surface area contributed by atoms with Gasteiger partial charge in [-0.1, -0.05) is 31.2 Å². The molecule has 0 aliphatic heterocycles. The summed E-state index contributed by atoms with van der Waals surface area (Å²) >= 11 is 0. The molecule has 0 fully saturated rings. The van der Waals surface area contributed by atoms with Crippen molar-refractivity contribution in [2.24, 2.45) is 5.92 Å². The molecule has 1 aromatic rings. The van der Waals surface area contributed by atoms with Gasteiger partial charge in [0.2, 0.25) is 0 Å². The van der Waals surface area contributed by atoms with Gasteiger partial charge in [-0.2, -0.15) is 0 Å². The number of ether oxygens (including phenoxy) is 1. The quantitative estimate of drug-likeness (QED) is 0.817. The number of carbonyl (C=O) groups excluding carboxylic acids is 1. The van der Waals surface area contributed by atoms with Crippen LogP contribution in [0, 0.1) is 12.8 Å². The van der Waals surface area contributed by atoms with Crippen molar-refractivity contribution in [2.75, 3.05) is 6.61 Å². The zero-order valence-corrected chi connectivity index (χ0v) is 11.6. The number of aliphatic hydroxyl groups is 1. The topological polar surface area (TPSA) is 46.5 Å². The molecule has 100 valence electrons. The Morgan fingerprint density at radius 1 is 1.39 bits per heavy atom. The highest BCUT2D eigenvalue weighted by Gasteiger charge is 2.39. The fourth-order valence-corrected chi connectivity index (χ4v) is 2.36. The summed E-state index contributed by atoms with van der Waals surface area (Å²) in [6.45, 7) is 7.60. The molecule has 0 aromatic heterocycles. The second-order valence-electron chi connectivity index (χ2n) is 4.68. The predicted molar refractivity (Wildman–Crippen MR) is 71.2 cm³/mol.